The number of aliphatic imine (C=N–C) groups is 1. The highest BCUT2D eigenvalue weighted by atomic mass is 127. The maximum absolute atomic E-state index is 6.15. The van der Waals surface area contributed by atoms with Gasteiger partial charge in [-0.1, -0.05) is 30.3 Å². The Kier molecular flexibility index (Phi) is 8.69. The predicted molar refractivity (Wildman–Crippen MR) is 115 cm³/mol. The monoisotopic (exact) mass is 460 g/mol. The lowest BCUT2D eigenvalue weighted by atomic mass is 10.1. The van der Waals surface area contributed by atoms with E-state index in [1.165, 1.54) is 36.6 Å². The number of rotatable bonds is 5. The van der Waals surface area contributed by atoms with Gasteiger partial charge >= 0.3 is 0 Å². The second kappa shape index (κ2) is 10.5. The molecule has 2 aliphatic rings. The molecule has 0 bridgehead atoms. The SMILES string of the molecule is I.NC(=NCC1CCN(CCc2ccccc2)C1)N1CCSCC1. The summed E-state index contributed by atoms with van der Waals surface area (Å²) in [7, 11) is 0. The molecular formula is C18H29IN4S. The van der Waals surface area contributed by atoms with Crippen molar-refractivity contribution in [2.45, 2.75) is 12.8 Å². The molecule has 24 heavy (non-hydrogen) atoms. The quantitative estimate of drug-likeness (QED) is 0.417. The van der Waals surface area contributed by atoms with Crippen LogP contribution < -0.4 is 5.73 Å². The minimum atomic E-state index is 0. The standard InChI is InChI=1S/C18H28N4S.HI/c19-18(22-10-12-23-13-11-22)20-14-17-7-9-21(15-17)8-6-16-4-2-1-3-5-16;/h1-5,17H,6-15H2,(H2,19,20);1H. The van der Waals surface area contributed by atoms with Crippen LogP contribution in [0.2, 0.25) is 0 Å². The molecule has 0 aliphatic carbocycles. The molecule has 2 heterocycles. The minimum absolute atomic E-state index is 0. The number of benzene rings is 1. The van der Waals surface area contributed by atoms with Gasteiger partial charge in [0.05, 0.1) is 0 Å². The Morgan fingerprint density at radius 2 is 1.92 bits per heavy atom. The molecular weight excluding hydrogens is 431 g/mol. The topological polar surface area (TPSA) is 44.9 Å². The number of hydrogen-bond acceptors (Lipinski definition) is 3. The van der Waals surface area contributed by atoms with Gasteiger partial charge in [-0.2, -0.15) is 11.8 Å². The third-order valence-electron chi connectivity index (χ3n) is 4.78. The van der Waals surface area contributed by atoms with Gasteiger partial charge in [0.1, 0.15) is 0 Å². The van der Waals surface area contributed by atoms with Crippen LogP contribution in [-0.2, 0) is 6.42 Å². The van der Waals surface area contributed by atoms with E-state index >= 15 is 0 Å². The van der Waals surface area contributed by atoms with Gasteiger partial charge in [0.2, 0.25) is 0 Å². The first kappa shape index (κ1) is 19.8. The fourth-order valence-electron chi connectivity index (χ4n) is 3.31. The fraction of sp³-hybridized carbons (Fsp3) is 0.611. The van der Waals surface area contributed by atoms with E-state index in [1.807, 2.05) is 11.8 Å². The second-order valence-corrected chi connectivity index (χ2v) is 7.71. The molecule has 1 aromatic carbocycles. The molecule has 4 nitrogen and oxygen atoms in total. The number of nitrogens with zero attached hydrogens (tertiary/aromatic N) is 3. The Morgan fingerprint density at radius 3 is 2.67 bits per heavy atom. The summed E-state index contributed by atoms with van der Waals surface area (Å²) in [5.41, 5.74) is 7.58. The van der Waals surface area contributed by atoms with E-state index in [1.54, 1.807) is 0 Å². The molecule has 0 amide bonds. The van der Waals surface area contributed by atoms with Gasteiger partial charge in [0.15, 0.2) is 5.96 Å². The highest BCUT2D eigenvalue weighted by Crippen LogP contribution is 2.17. The molecule has 1 unspecified atom stereocenters. The van der Waals surface area contributed by atoms with E-state index in [4.69, 9.17) is 5.73 Å². The Bertz CT molecular complexity index is 505. The molecule has 0 radical (unpaired) electrons. The van der Waals surface area contributed by atoms with E-state index in [2.05, 4.69) is 45.1 Å². The lowest BCUT2D eigenvalue weighted by molar-refractivity contribution is 0.329. The van der Waals surface area contributed by atoms with E-state index in [0.29, 0.717) is 5.92 Å². The molecule has 3 rings (SSSR count). The Morgan fingerprint density at radius 1 is 1.17 bits per heavy atom. The Balaban J connectivity index is 0.00000208. The Labute approximate surface area is 167 Å². The van der Waals surface area contributed by atoms with Gasteiger partial charge in [-0.25, -0.2) is 0 Å². The number of halogens is 1. The van der Waals surface area contributed by atoms with Crippen molar-refractivity contribution in [1.82, 2.24) is 9.80 Å². The number of likely N-dealkylation sites (tertiary alicyclic amines) is 1. The molecule has 6 heteroatoms. The summed E-state index contributed by atoms with van der Waals surface area (Å²) in [6.07, 6.45) is 2.39. The van der Waals surface area contributed by atoms with Crippen molar-refractivity contribution in [3.63, 3.8) is 0 Å². The van der Waals surface area contributed by atoms with Gasteiger partial charge in [0.25, 0.3) is 0 Å². The zero-order chi connectivity index (χ0) is 15.9. The van der Waals surface area contributed by atoms with Crippen molar-refractivity contribution in [2.24, 2.45) is 16.6 Å². The lowest BCUT2D eigenvalue weighted by Crippen LogP contribution is -2.43. The molecule has 2 aliphatic heterocycles. The van der Waals surface area contributed by atoms with E-state index in [0.717, 1.165) is 38.6 Å². The van der Waals surface area contributed by atoms with Crippen molar-refractivity contribution >= 4 is 41.7 Å². The molecule has 2 fully saturated rings. The maximum atomic E-state index is 6.15. The van der Waals surface area contributed by atoms with E-state index < -0.39 is 0 Å². The van der Waals surface area contributed by atoms with Gasteiger partial charge in [0, 0.05) is 44.2 Å². The summed E-state index contributed by atoms with van der Waals surface area (Å²) in [5.74, 6) is 3.77. The average molecular weight is 460 g/mol. The molecule has 1 atom stereocenters. The molecule has 134 valence electrons. The fourth-order valence-corrected chi connectivity index (χ4v) is 4.22. The van der Waals surface area contributed by atoms with Gasteiger partial charge in [-0.15, -0.1) is 24.0 Å². The molecule has 0 saturated carbocycles. The van der Waals surface area contributed by atoms with Crippen LogP contribution in [0.1, 0.15) is 12.0 Å². The summed E-state index contributed by atoms with van der Waals surface area (Å²) < 4.78 is 0. The van der Waals surface area contributed by atoms with Crippen molar-refractivity contribution in [2.75, 3.05) is 50.8 Å². The number of hydrogen-bond donors (Lipinski definition) is 1. The normalized spacial score (nSPS) is 22.4. The zero-order valence-electron chi connectivity index (χ0n) is 14.3. The minimum Gasteiger partial charge on any atom is -0.370 e. The highest BCUT2D eigenvalue weighted by Gasteiger charge is 2.22. The van der Waals surface area contributed by atoms with Crippen LogP contribution in [0, 0.1) is 5.92 Å². The first-order chi connectivity index (χ1) is 11.3. The highest BCUT2D eigenvalue weighted by molar-refractivity contribution is 14.0. The van der Waals surface area contributed by atoms with Crippen LogP contribution in [-0.4, -0.2) is 66.5 Å². The van der Waals surface area contributed by atoms with Crippen LogP contribution in [0.5, 0.6) is 0 Å². The van der Waals surface area contributed by atoms with Crippen LogP contribution in [0.3, 0.4) is 0 Å². The van der Waals surface area contributed by atoms with Crippen molar-refractivity contribution in [3.8, 4) is 0 Å². The van der Waals surface area contributed by atoms with Crippen LogP contribution >= 0.6 is 35.7 Å². The van der Waals surface area contributed by atoms with Crippen molar-refractivity contribution in [1.29, 1.82) is 0 Å². The smallest absolute Gasteiger partial charge is 0.191 e. The maximum Gasteiger partial charge on any atom is 0.191 e. The summed E-state index contributed by atoms with van der Waals surface area (Å²) >= 11 is 2.00. The summed E-state index contributed by atoms with van der Waals surface area (Å²) in [6, 6.07) is 10.8. The molecule has 1 aromatic rings. The van der Waals surface area contributed by atoms with Crippen molar-refractivity contribution < 1.29 is 0 Å². The first-order valence-electron chi connectivity index (χ1n) is 8.70. The lowest BCUT2D eigenvalue weighted by Gasteiger charge is -2.27. The number of thioether (sulfide) groups is 1. The van der Waals surface area contributed by atoms with Crippen LogP contribution in [0.15, 0.2) is 35.3 Å². The third kappa shape index (κ3) is 6.11. The summed E-state index contributed by atoms with van der Waals surface area (Å²) in [4.78, 5) is 9.47. The van der Waals surface area contributed by atoms with Gasteiger partial charge < -0.3 is 15.5 Å². The van der Waals surface area contributed by atoms with Gasteiger partial charge in [-0.05, 0) is 30.9 Å². The first-order valence-corrected chi connectivity index (χ1v) is 9.85. The molecule has 2 saturated heterocycles. The van der Waals surface area contributed by atoms with Gasteiger partial charge in [-0.3, -0.25) is 4.99 Å². The average Bonchev–Trinajstić information content (AvgIpc) is 3.07. The summed E-state index contributed by atoms with van der Waals surface area (Å²) in [6.45, 7) is 6.51. The third-order valence-corrected chi connectivity index (χ3v) is 5.72. The van der Waals surface area contributed by atoms with E-state index in [9.17, 15) is 0 Å². The number of guanidine groups is 1. The predicted octanol–water partition coefficient (Wildman–Crippen LogP) is 2.53. The molecule has 0 spiro atoms. The van der Waals surface area contributed by atoms with E-state index in [-0.39, 0.29) is 24.0 Å². The summed E-state index contributed by atoms with van der Waals surface area (Å²) in [5, 5.41) is 0. The zero-order valence-corrected chi connectivity index (χ0v) is 17.4. The molecule has 0 aromatic heterocycles. The second-order valence-electron chi connectivity index (χ2n) is 6.49. The van der Waals surface area contributed by atoms with Crippen molar-refractivity contribution in [3.05, 3.63) is 35.9 Å². The molecule has 2 N–H and O–H groups in total. The largest absolute Gasteiger partial charge is 0.370 e. The number of nitrogens with two attached hydrogens (primary N) is 1. The van der Waals surface area contributed by atoms with Crippen LogP contribution in [0.4, 0.5) is 0 Å². The van der Waals surface area contributed by atoms with Crippen LogP contribution in [0.25, 0.3) is 0 Å². The Hall–Kier alpha value is -0.470.